The van der Waals surface area contributed by atoms with Gasteiger partial charge in [-0.1, -0.05) is 13.3 Å². The number of esters is 1. The summed E-state index contributed by atoms with van der Waals surface area (Å²) >= 11 is 0. The fraction of sp³-hybridized carbons (Fsp3) is 0.765. The summed E-state index contributed by atoms with van der Waals surface area (Å²) in [7, 11) is 2.07. The van der Waals surface area contributed by atoms with Crippen molar-refractivity contribution in [3.05, 3.63) is 11.3 Å². The molecule has 1 fully saturated rings. The maximum Gasteiger partial charge on any atom is 0.337 e. The summed E-state index contributed by atoms with van der Waals surface area (Å²) in [6.45, 7) is 5.18. The zero-order valence-electron chi connectivity index (χ0n) is 14.5. The molecule has 0 radical (unpaired) electrons. The van der Waals surface area contributed by atoms with E-state index in [0.717, 1.165) is 5.92 Å². The van der Waals surface area contributed by atoms with E-state index < -0.39 is 0 Å². The first-order valence-corrected chi connectivity index (χ1v) is 8.69. The van der Waals surface area contributed by atoms with Gasteiger partial charge in [0.2, 0.25) is 0 Å². The molecule has 0 aromatic rings. The van der Waals surface area contributed by atoms with Gasteiger partial charge in [0.25, 0.3) is 0 Å². The summed E-state index contributed by atoms with van der Waals surface area (Å²) in [4.78, 5) is 25.9. The van der Waals surface area contributed by atoms with Crippen molar-refractivity contribution in [2.24, 2.45) is 5.92 Å². The molecule has 0 atom stereocenters. The molecule has 1 aliphatic carbocycles. The van der Waals surface area contributed by atoms with Gasteiger partial charge in [0.15, 0.2) is 0 Å². The van der Waals surface area contributed by atoms with Gasteiger partial charge in [-0.2, -0.15) is 0 Å². The van der Waals surface area contributed by atoms with Crippen molar-refractivity contribution in [3.63, 3.8) is 0 Å². The van der Waals surface area contributed by atoms with Gasteiger partial charge >= 0.3 is 12.0 Å². The molecule has 2 rings (SSSR count). The predicted octanol–water partition coefficient (Wildman–Crippen LogP) is 2.02. The number of nitrogens with one attached hydrogen (secondary N) is 2. The zero-order chi connectivity index (χ0) is 16.8. The third-order valence-electron chi connectivity index (χ3n) is 5.00. The highest BCUT2D eigenvalue weighted by atomic mass is 16.5. The Morgan fingerprint density at radius 2 is 1.96 bits per heavy atom. The molecular weight excluding hydrogens is 294 g/mol. The highest BCUT2D eigenvalue weighted by Crippen LogP contribution is 2.29. The second-order valence-electron chi connectivity index (χ2n) is 6.48. The van der Waals surface area contributed by atoms with Crippen LogP contribution in [0.2, 0.25) is 0 Å². The lowest BCUT2D eigenvalue weighted by Crippen LogP contribution is -2.48. The average Bonchev–Trinajstić information content (AvgIpc) is 2.55. The molecule has 23 heavy (non-hydrogen) atoms. The maximum absolute atomic E-state index is 12.1. The van der Waals surface area contributed by atoms with Crippen LogP contribution in [0.5, 0.6) is 0 Å². The largest absolute Gasteiger partial charge is 0.463 e. The Balaban J connectivity index is 2.02. The Hall–Kier alpha value is -1.56. The molecule has 0 saturated heterocycles. The summed E-state index contributed by atoms with van der Waals surface area (Å²) in [5.41, 5.74) is 1.20. The van der Waals surface area contributed by atoms with Crippen molar-refractivity contribution >= 4 is 12.0 Å². The van der Waals surface area contributed by atoms with Gasteiger partial charge in [0.1, 0.15) is 0 Å². The van der Waals surface area contributed by atoms with E-state index in [1.165, 1.54) is 32.1 Å². The van der Waals surface area contributed by atoms with Gasteiger partial charge in [-0.05, 0) is 45.6 Å². The summed E-state index contributed by atoms with van der Waals surface area (Å²) in [6, 6.07) is 0.261. The number of ether oxygens (including phenoxy) is 1. The molecule has 130 valence electrons. The molecule has 0 spiro atoms. The zero-order valence-corrected chi connectivity index (χ0v) is 14.5. The quantitative estimate of drug-likeness (QED) is 0.734. The number of nitrogens with zero attached hydrogens (tertiary/aromatic N) is 1. The highest BCUT2D eigenvalue weighted by Gasteiger charge is 2.28. The lowest BCUT2D eigenvalue weighted by molar-refractivity contribution is -0.138. The van der Waals surface area contributed by atoms with Gasteiger partial charge in [0.05, 0.1) is 18.7 Å². The van der Waals surface area contributed by atoms with Crippen LogP contribution in [0.1, 0.15) is 46.0 Å². The van der Waals surface area contributed by atoms with Gasteiger partial charge < -0.3 is 15.4 Å². The SMILES string of the molecule is CCOC(=O)C1=C(CN(C)C2CCC(CC)CC2)NC(=O)NC1. The Bertz CT molecular complexity index is 468. The molecule has 1 saturated carbocycles. The molecule has 0 aromatic heterocycles. The van der Waals surface area contributed by atoms with Gasteiger partial charge in [-0.15, -0.1) is 0 Å². The summed E-state index contributed by atoms with van der Waals surface area (Å²) in [5.74, 6) is 0.505. The van der Waals surface area contributed by atoms with Gasteiger partial charge in [-0.3, -0.25) is 4.90 Å². The Morgan fingerprint density at radius 3 is 2.57 bits per heavy atom. The van der Waals surface area contributed by atoms with Crippen molar-refractivity contribution in [2.75, 3.05) is 26.7 Å². The number of hydrogen-bond donors (Lipinski definition) is 2. The van der Waals surface area contributed by atoms with E-state index in [1.54, 1.807) is 6.92 Å². The molecule has 2 aliphatic rings. The van der Waals surface area contributed by atoms with E-state index >= 15 is 0 Å². The first-order chi connectivity index (χ1) is 11.0. The first kappa shape index (κ1) is 17.8. The van der Waals surface area contributed by atoms with Crippen LogP contribution in [0, 0.1) is 5.92 Å². The highest BCUT2D eigenvalue weighted by molar-refractivity contribution is 5.93. The second-order valence-corrected chi connectivity index (χ2v) is 6.48. The number of amides is 2. The normalized spacial score (nSPS) is 25.1. The molecule has 6 nitrogen and oxygen atoms in total. The Morgan fingerprint density at radius 1 is 1.26 bits per heavy atom. The Labute approximate surface area is 138 Å². The standard InChI is InChI=1S/C17H29N3O3/c1-4-12-6-8-13(9-7-12)20(3)11-15-14(16(21)23-5-2)10-18-17(22)19-15/h12-13H,4-11H2,1-3H3,(H2,18,19,22). The molecule has 0 unspecified atom stereocenters. The van der Waals surface area contributed by atoms with Crippen LogP contribution in [-0.4, -0.2) is 49.7 Å². The minimum absolute atomic E-state index is 0.233. The predicted molar refractivity (Wildman–Crippen MR) is 88.9 cm³/mol. The molecular formula is C17H29N3O3. The Kier molecular flexibility index (Phi) is 6.45. The van der Waals surface area contributed by atoms with Crippen molar-refractivity contribution < 1.29 is 14.3 Å². The van der Waals surface area contributed by atoms with Crippen LogP contribution in [0.4, 0.5) is 4.79 Å². The number of hydrogen-bond acceptors (Lipinski definition) is 4. The fourth-order valence-electron chi connectivity index (χ4n) is 3.45. The molecule has 2 N–H and O–H groups in total. The van der Waals surface area contributed by atoms with Crippen molar-refractivity contribution in [3.8, 4) is 0 Å². The van der Waals surface area contributed by atoms with E-state index in [4.69, 9.17) is 4.74 Å². The van der Waals surface area contributed by atoms with E-state index in [0.29, 0.717) is 30.5 Å². The van der Waals surface area contributed by atoms with Crippen LogP contribution in [-0.2, 0) is 9.53 Å². The first-order valence-electron chi connectivity index (χ1n) is 8.69. The lowest BCUT2D eigenvalue weighted by atomic mass is 9.84. The van der Waals surface area contributed by atoms with Crippen LogP contribution >= 0.6 is 0 Å². The maximum atomic E-state index is 12.1. The molecule has 0 bridgehead atoms. The third kappa shape index (κ3) is 4.70. The van der Waals surface area contributed by atoms with Crippen molar-refractivity contribution in [1.82, 2.24) is 15.5 Å². The van der Waals surface area contributed by atoms with Crippen LogP contribution < -0.4 is 10.6 Å². The lowest BCUT2D eigenvalue weighted by Gasteiger charge is -2.35. The monoisotopic (exact) mass is 323 g/mol. The van der Waals surface area contributed by atoms with E-state index in [-0.39, 0.29) is 18.5 Å². The third-order valence-corrected chi connectivity index (χ3v) is 5.00. The van der Waals surface area contributed by atoms with Crippen molar-refractivity contribution in [1.29, 1.82) is 0 Å². The topological polar surface area (TPSA) is 70.7 Å². The van der Waals surface area contributed by atoms with Gasteiger partial charge in [0, 0.05) is 18.3 Å². The number of likely N-dealkylation sites (N-methyl/N-ethyl adjacent to an activating group) is 1. The van der Waals surface area contributed by atoms with E-state index in [9.17, 15) is 9.59 Å². The molecule has 2 amide bonds. The van der Waals surface area contributed by atoms with E-state index in [2.05, 4.69) is 29.5 Å². The average molecular weight is 323 g/mol. The van der Waals surface area contributed by atoms with Crippen molar-refractivity contribution in [2.45, 2.75) is 52.0 Å². The molecule has 1 heterocycles. The summed E-state index contributed by atoms with van der Waals surface area (Å²) in [6.07, 6.45) is 6.16. The van der Waals surface area contributed by atoms with Crippen LogP contribution in [0.3, 0.4) is 0 Å². The summed E-state index contributed by atoms with van der Waals surface area (Å²) in [5, 5.41) is 5.42. The number of carbonyl (C=O) groups is 2. The van der Waals surface area contributed by atoms with Gasteiger partial charge in [-0.25, -0.2) is 9.59 Å². The minimum Gasteiger partial charge on any atom is -0.463 e. The van der Waals surface area contributed by atoms with E-state index in [1.807, 2.05) is 0 Å². The number of rotatable bonds is 6. The number of urea groups is 1. The minimum atomic E-state index is -0.349. The smallest absolute Gasteiger partial charge is 0.337 e. The fourth-order valence-corrected chi connectivity index (χ4v) is 3.45. The van der Waals surface area contributed by atoms with Crippen LogP contribution in [0.15, 0.2) is 11.3 Å². The molecule has 0 aromatic carbocycles. The summed E-state index contributed by atoms with van der Waals surface area (Å²) < 4.78 is 5.10. The number of carbonyl (C=O) groups excluding carboxylic acids is 2. The molecule has 1 aliphatic heterocycles. The molecule has 6 heteroatoms. The van der Waals surface area contributed by atoms with Crippen LogP contribution in [0.25, 0.3) is 0 Å². The second kappa shape index (κ2) is 8.34.